The van der Waals surface area contributed by atoms with Gasteiger partial charge in [-0.2, -0.15) is 0 Å². The molecular weight excluding hydrogens is 655 g/mol. The summed E-state index contributed by atoms with van der Waals surface area (Å²) < 4.78 is 274. The number of nitrogens with zero attached hydrogens (tertiary/aromatic N) is 1. The van der Waals surface area contributed by atoms with Gasteiger partial charge in [0.15, 0.2) is 0 Å². The minimum absolute atomic E-state index is 0.122. The molecule has 2 heteroatoms. The van der Waals surface area contributed by atoms with Gasteiger partial charge >= 0.3 is 0 Å². The van der Waals surface area contributed by atoms with Crippen LogP contribution in [0, 0.1) is 0 Å². The van der Waals surface area contributed by atoms with E-state index in [-0.39, 0.29) is 16.5 Å². The van der Waals surface area contributed by atoms with Crippen molar-refractivity contribution in [3.63, 3.8) is 0 Å². The summed E-state index contributed by atoms with van der Waals surface area (Å²) in [5, 5.41) is -1.80. The molecule has 0 saturated carbocycles. The van der Waals surface area contributed by atoms with Gasteiger partial charge in [-0.3, -0.25) is 0 Å². The van der Waals surface area contributed by atoms with Crippen molar-refractivity contribution in [2.45, 2.75) is 0 Å². The number of anilines is 3. The fourth-order valence-electron chi connectivity index (χ4n) is 5.81. The summed E-state index contributed by atoms with van der Waals surface area (Å²) >= 11 is 0. The van der Waals surface area contributed by atoms with Crippen LogP contribution in [0.25, 0.3) is 77.2 Å². The van der Waals surface area contributed by atoms with E-state index in [0.717, 1.165) is 30.3 Å². The van der Waals surface area contributed by atoms with Crippen LogP contribution in [0.2, 0.25) is 0 Å². The molecule has 54 heavy (non-hydrogen) atoms. The first kappa shape index (κ1) is 13.4. The minimum Gasteiger partial charge on any atom is -0.456 e. The van der Waals surface area contributed by atoms with Crippen LogP contribution in [0.4, 0.5) is 17.1 Å². The molecule has 1 heterocycles. The van der Waals surface area contributed by atoms with Gasteiger partial charge in [-0.15, -0.1) is 0 Å². The zero-order chi connectivity index (χ0) is 62.0. The maximum Gasteiger partial charge on any atom is 0.137 e. The second kappa shape index (κ2) is 13.4. The molecule has 0 radical (unpaired) electrons. The largest absolute Gasteiger partial charge is 0.456 e. The Balaban J connectivity index is 1.34. The van der Waals surface area contributed by atoms with Gasteiger partial charge in [0.05, 0.1) is 41.1 Å². The van der Waals surface area contributed by atoms with Crippen LogP contribution < -0.4 is 4.90 Å². The quantitative estimate of drug-likeness (QED) is 0.163. The number of hydrogen-bond donors (Lipinski definition) is 0. The van der Waals surface area contributed by atoms with E-state index in [0.29, 0.717) is 4.90 Å². The predicted octanol–water partition coefficient (Wildman–Crippen LogP) is 14.9. The lowest BCUT2D eigenvalue weighted by Gasteiger charge is -2.26. The van der Waals surface area contributed by atoms with Crippen molar-refractivity contribution in [3.8, 4) is 44.5 Å². The molecule has 2 nitrogen and oxygen atoms in total. The molecular formula is C52H35NO. The highest BCUT2D eigenvalue weighted by molar-refractivity contribution is 6.22. The first-order valence-corrected chi connectivity index (χ1v) is 16.0. The van der Waals surface area contributed by atoms with E-state index >= 15 is 0 Å². The molecule has 9 aromatic carbocycles. The standard InChI is InChI=1S/C52H35NO/c1-4-12-36(13-5-1)38-20-22-39(23-21-38)41-26-30-44(31-27-41)53(43-28-24-40(25-29-43)37-14-6-2-7-15-37)45-32-33-48-50(34-45)54-51-35-49(42-16-8-3-9-17-42)46-18-10-11-19-47(46)52(48)51/h1-35H/i1D,2D,3D,4D,6D,8D,9D,10D,11D,12D,13D,14D,15D,16D,17D,18D,19D,22D,23D,24D,25D,26D,27D,28D,29D,30D,31D,32D,33D,34D. The van der Waals surface area contributed by atoms with Crippen molar-refractivity contribution >= 4 is 49.8 Å². The van der Waals surface area contributed by atoms with Gasteiger partial charge in [0.2, 0.25) is 0 Å². The molecule has 0 aliphatic carbocycles. The fourth-order valence-corrected chi connectivity index (χ4v) is 5.81. The highest BCUT2D eigenvalue weighted by Gasteiger charge is 2.19. The van der Waals surface area contributed by atoms with Crippen LogP contribution in [-0.4, -0.2) is 0 Å². The number of rotatable bonds is 7. The molecule has 10 aromatic rings. The highest BCUT2D eigenvalue weighted by atomic mass is 16.3. The number of benzene rings is 9. The Morgan fingerprint density at radius 1 is 0.370 bits per heavy atom. The Morgan fingerprint density at radius 2 is 0.889 bits per heavy atom. The van der Waals surface area contributed by atoms with Crippen molar-refractivity contribution in [2.24, 2.45) is 0 Å². The molecule has 0 saturated heterocycles. The summed E-state index contributed by atoms with van der Waals surface area (Å²) in [6.45, 7) is 0. The van der Waals surface area contributed by atoms with Crippen LogP contribution >= 0.6 is 0 Å². The van der Waals surface area contributed by atoms with Crippen molar-refractivity contribution in [1.29, 1.82) is 0 Å². The van der Waals surface area contributed by atoms with Gasteiger partial charge in [0.1, 0.15) is 11.2 Å². The Labute approximate surface area is 357 Å². The van der Waals surface area contributed by atoms with Crippen molar-refractivity contribution < 1.29 is 45.5 Å². The molecule has 0 atom stereocenters. The Morgan fingerprint density at radius 3 is 1.56 bits per heavy atom. The Kier molecular flexibility index (Phi) is 3.32. The number of furan rings is 1. The Hall–Kier alpha value is -7.16. The lowest BCUT2D eigenvalue weighted by Crippen LogP contribution is -2.09. The van der Waals surface area contributed by atoms with E-state index in [1.165, 1.54) is 0 Å². The third-order valence-corrected chi connectivity index (χ3v) is 8.25. The van der Waals surface area contributed by atoms with E-state index in [2.05, 4.69) is 0 Å². The van der Waals surface area contributed by atoms with Gasteiger partial charge in [0.25, 0.3) is 0 Å². The van der Waals surface area contributed by atoms with E-state index < -0.39 is 259 Å². The summed E-state index contributed by atoms with van der Waals surface area (Å²) in [5.74, 6) is 0. The van der Waals surface area contributed by atoms with Gasteiger partial charge < -0.3 is 9.32 Å². The van der Waals surface area contributed by atoms with E-state index in [1.807, 2.05) is 0 Å². The molecule has 0 amide bonds. The maximum atomic E-state index is 9.90. The number of hydrogen-bond acceptors (Lipinski definition) is 2. The smallest absolute Gasteiger partial charge is 0.137 e. The summed E-state index contributed by atoms with van der Waals surface area (Å²) in [7, 11) is 0. The van der Waals surface area contributed by atoms with Crippen LogP contribution in [-0.2, 0) is 0 Å². The van der Waals surface area contributed by atoms with Gasteiger partial charge in [0, 0.05) is 33.9 Å². The average molecular weight is 720 g/mol. The van der Waals surface area contributed by atoms with E-state index in [4.69, 9.17) is 30.5 Å². The first-order chi connectivity index (χ1) is 39.2. The summed E-state index contributed by atoms with van der Waals surface area (Å²) in [4.78, 5) is 0.436. The first-order valence-electron chi connectivity index (χ1n) is 31.0. The molecule has 254 valence electrons. The van der Waals surface area contributed by atoms with Crippen molar-refractivity contribution in [3.05, 3.63) is 212 Å². The van der Waals surface area contributed by atoms with Crippen molar-refractivity contribution in [2.75, 3.05) is 4.90 Å². The lowest BCUT2D eigenvalue weighted by molar-refractivity contribution is 0.669. The topological polar surface area (TPSA) is 16.4 Å². The molecule has 0 aliphatic heterocycles. The summed E-state index contributed by atoms with van der Waals surface area (Å²) in [5.41, 5.74) is -8.32. The normalized spacial score (nSPS) is 19.1. The van der Waals surface area contributed by atoms with Crippen LogP contribution in [0.1, 0.15) is 41.1 Å². The average Bonchev–Trinajstić information content (AvgIpc) is 1.36. The van der Waals surface area contributed by atoms with E-state index in [9.17, 15) is 15.1 Å². The van der Waals surface area contributed by atoms with Gasteiger partial charge in [-0.05, 0) is 97.6 Å². The van der Waals surface area contributed by atoms with Crippen LogP contribution in [0.15, 0.2) is 216 Å². The minimum atomic E-state index is -1.17. The predicted molar refractivity (Wildman–Crippen MR) is 228 cm³/mol. The number of fused-ring (bicyclic) bond motifs is 5. The molecule has 10 rings (SSSR count). The fraction of sp³-hybridized carbons (Fsp3) is 0. The van der Waals surface area contributed by atoms with Crippen LogP contribution in [0.5, 0.6) is 0 Å². The maximum absolute atomic E-state index is 9.90. The molecule has 1 aromatic heterocycles. The SMILES string of the molecule is [2H]c1cc([2H])c(-c2cc([2H])c(-c3c([2H])c([2H])c(N(c4c([2H])c([2H])c(-c5c([2H])cc([2H])c([2H])c5[2H])c([2H])c4[2H])c4c([2H])c([2H])c5c(oc6cc(-c7c([2H])c([2H])c([2H])c([2H])c7[2H])c7c([2H])c([2H])c([2H])c([2H])c7c65)c4[2H])c([2H])c3[2H])c([2H])c2)c([2H])c1[2H]. The summed E-state index contributed by atoms with van der Waals surface area (Å²) in [6.07, 6.45) is 0. The molecule has 0 fully saturated rings. The second-order valence-electron chi connectivity index (χ2n) is 11.4. The third-order valence-electron chi connectivity index (χ3n) is 8.25. The van der Waals surface area contributed by atoms with Crippen molar-refractivity contribution in [1.82, 2.24) is 0 Å². The van der Waals surface area contributed by atoms with Crippen LogP contribution in [0.3, 0.4) is 0 Å². The Bertz CT molecular complexity index is 4580. The van der Waals surface area contributed by atoms with Gasteiger partial charge in [-0.1, -0.05) is 163 Å². The second-order valence-corrected chi connectivity index (χ2v) is 11.4. The van der Waals surface area contributed by atoms with Gasteiger partial charge in [-0.25, -0.2) is 0 Å². The zero-order valence-electron chi connectivity index (χ0n) is 57.2. The molecule has 0 aliphatic rings. The molecule has 0 unspecified atom stereocenters. The molecule has 0 bridgehead atoms. The summed E-state index contributed by atoms with van der Waals surface area (Å²) in [6, 6.07) is -20.7. The lowest BCUT2D eigenvalue weighted by atomic mass is 9.95. The monoisotopic (exact) mass is 719 g/mol. The molecule has 0 spiro atoms. The highest BCUT2D eigenvalue weighted by Crippen LogP contribution is 2.43. The van der Waals surface area contributed by atoms with E-state index in [1.54, 1.807) is 0 Å². The molecule has 0 N–H and O–H groups in total. The zero-order valence-corrected chi connectivity index (χ0v) is 27.2. The third kappa shape index (κ3) is 5.71.